The minimum Gasteiger partial charge on any atom is -0.310 e. The van der Waals surface area contributed by atoms with Crippen molar-refractivity contribution in [1.29, 1.82) is 0 Å². The zero-order valence-electron chi connectivity index (χ0n) is 8.76. The molecule has 0 saturated carbocycles. The van der Waals surface area contributed by atoms with E-state index in [1.54, 1.807) is 6.08 Å². The average Bonchev–Trinajstić information content (AvgIpc) is 2.17. The van der Waals surface area contributed by atoms with Crippen LogP contribution in [-0.4, -0.2) is 6.04 Å². The Balaban J connectivity index is 2.60. The van der Waals surface area contributed by atoms with Gasteiger partial charge in [0.1, 0.15) is 11.6 Å². The summed E-state index contributed by atoms with van der Waals surface area (Å²) >= 11 is 0. The Morgan fingerprint density at radius 1 is 1.40 bits per heavy atom. The second kappa shape index (κ2) is 5.61. The second-order valence-corrected chi connectivity index (χ2v) is 3.51. The van der Waals surface area contributed by atoms with E-state index < -0.39 is 11.6 Å². The summed E-state index contributed by atoms with van der Waals surface area (Å²) in [6, 6.07) is 4.05. The summed E-state index contributed by atoms with van der Waals surface area (Å²) in [7, 11) is 0. The monoisotopic (exact) mass is 211 g/mol. The van der Waals surface area contributed by atoms with Gasteiger partial charge in [0, 0.05) is 18.2 Å². The highest BCUT2D eigenvalue weighted by molar-refractivity contribution is 5.19. The maximum atomic E-state index is 13.2. The number of benzene rings is 1. The lowest BCUT2D eigenvalue weighted by Crippen LogP contribution is -2.25. The first-order valence-electron chi connectivity index (χ1n) is 4.92. The molecule has 1 aromatic carbocycles. The predicted molar refractivity (Wildman–Crippen MR) is 57.5 cm³/mol. The van der Waals surface area contributed by atoms with Crippen molar-refractivity contribution in [2.75, 3.05) is 0 Å². The first-order valence-corrected chi connectivity index (χ1v) is 4.92. The molecule has 0 saturated heterocycles. The molecule has 1 nitrogen and oxygen atoms in total. The van der Waals surface area contributed by atoms with Gasteiger partial charge in [0.25, 0.3) is 0 Å². The highest BCUT2D eigenvalue weighted by atomic mass is 19.1. The Kier molecular flexibility index (Phi) is 4.43. The van der Waals surface area contributed by atoms with Crippen LogP contribution in [0.1, 0.15) is 18.9 Å². The quantitative estimate of drug-likeness (QED) is 0.738. The molecule has 0 amide bonds. The lowest BCUT2D eigenvalue weighted by Gasteiger charge is -2.12. The van der Waals surface area contributed by atoms with Crippen molar-refractivity contribution in [3.05, 3.63) is 48.1 Å². The summed E-state index contributed by atoms with van der Waals surface area (Å²) in [6.07, 6.45) is 2.55. The van der Waals surface area contributed by atoms with Crippen molar-refractivity contribution in [1.82, 2.24) is 5.32 Å². The summed E-state index contributed by atoms with van der Waals surface area (Å²) in [5, 5.41) is 3.03. The third-order valence-electron chi connectivity index (χ3n) is 2.21. The molecule has 1 unspecified atom stereocenters. The van der Waals surface area contributed by atoms with Gasteiger partial charge in [0.15, 0.2) is 0 Å². The van der Waals surface area contributed by atoms with E-state index in [1.807, 2.05) is 6.92 Å². The third-order valence-corrected chi connectivity index (χ3v) is 2.21. The van der Waals surface area contributed by atoms with Crippen LogP contribution in [0.25, 0.3) is 0 Å². The number of hydrogen-bond donors (Lipinski definition) is 1. The van der Waals surface area contributed by atoms with Crippen LogP contribution in [0, 0.1) is 11.6 Å². The maximum Gasteiger partial charge on any atom is 0.130 e. The van der Waals surface area contributed by atoms with Gasteiger partial charge in [-0.15, -0.1) is 6.58 Å². The number of hydrogen-bond acceptors (Lipinski definition) is 1. The molecule has 82 valence electrons. The molecular formula is C12H15F2N. The van der Waals surface area contributed by atoms with Crippen molar-refractivity contribution in [2.45, 2.75) is 25.9 Å². The lowest BCUT2D eigenvalue weighted by atomic mass is 10.1. The van der Waals surface area contributed by atoms with Crippen LogP contribution < -0.4 is 5.32 Å². The van der Waals surface area contributed by atoms with Crippen LogP contribution in [0.2, 0.25) is 0 Å². The fourth-order valence-electron chi connectivity index (χ4n) is 1.31. The van der Waals surface area contributed by atoms with Crippen LogP contribution in [-0.2, 0) is 6.54 Å². The van der Waals surface area contributed by atoms with Crippen molar-refractivity contribution in [3.8, 4) is 0 Å². The van der Waals surface area contributed by atoms with E-state index in [1.165, 1.54) is 18.2 Å². The summed E-state index contributed by atoms with van der Waals surface area (Å²) < 4.78 is 26.4. The Morgan fingerprint density at radius 2 is 2.00 bits per heavy atom. The molecule has 1 N–H and O–H groups in total. The third kappa shape index (κ3) is 3.44. The molecule has 1 atom stereocenters. The molecular weight excluding hydrogens is 196 g/mol. The van der Waals surface area contributed by atoms with Crippen LogP contribution in [0.4, 0.5) is 8.78 Å². The van der Waals surface area contributed by atoms with Crippen molar-refractivity contribution in [2.24, 2.45) is 0 Å². The van der Waals surface area contributed by atoms with E-state index in [4.69, 9.17) is 0 Å². The molecule has 0 aromatic heterocycles. The molecule has 0 radical (unpaired) electrons. The van der Waals surface area contributed by atoms with E-state index in [-0.39, 0.29) is 18.2 Å². The molecule has 0 fully saturated rings. The van der Waals surface area contributed by atoms with Crippen LogP contribution in [0.3, 0.4) is 0 Å². The predicted octanol–water partition coefficient (Wildman–Crippen LogP) is 3.02. The summed E-state index contributed by atoms with van der Waals surface area (Å²) in [5.41, 5.74) is 0.0911. The molecule has 0 spiro atoms. The topological polar surface area (TPSA) is 12.0 Å². The molecule has 0 aliphatic carbocycles. The zero-order valence-corrected chi connectivity index (χ0v) is 8.76. The zero-order chi connectivity index (χ0) is 11.3. The molecule has 0 bridgehead atoms. The number of rotatable bonds is 5. The second-order valence-electron chi connectivity index (χ2n) is 3.51. The van der Waals surface area contributed by atoms with Gasteiger partial charge >= 0.3 is 0 Å². The molecule has 1 aromatic rings. The average molecular weight is 211 g/mol. The van der Waals surface area contributed by atoms with E-state index >= 15 is 0 Å². The van der Waals surface area contributed by atoms with Crippen LogP contribution >= 0.6 is 0 Å². The fourth-order valence-corrected chi connectivity index (χ4v) is 1.31. The van der Waals surface area contributed by atoms with Crippen molar-refractivity contribution >= 4 is 0 Å². The van der Waals surface area contributed by atoms with Crippen molar-refractivity contribution in [3.63, 3.8) is 0 Å². The minimum atomic E-state index is -0.506. The normalized spacial score (nSPS) is 12.5. The standard InChI is InChI=1S/C12H15F2N/c1-3-5-9(2)15-8-10-11(13)6-4-7-12(10)14/h3-4,6-7,9,15H,1,5,8H2,2H3. The van der Waals surface area contributed by atoms with Gasteiger partial charge in [0.2, 0.25) is 0 Å². The Morgan fingerprint density at radius 3 is 2.53 bits per heavy atom. The molecule has 0 heterocycles. The molecule has 0 aliphatic heterocycles. The molecule has 3 heteroatoms. The number of halogens is 2. The van der Waals surface area contributed by atoms with E-state index in [0.29, 0.717) is 0 Å². The first kappa shape index (κ1) is 11.9. The van der Waals surface area contributed by atoms with Gasteiger partial charge in [-0.05, 0) is 25.5 Å². The minimum absolute atomic E-state index is 0.0911. The molecule has 15 heavy (non-hydrogen) atoms. The Bertz CT molecular complexity index is 316. The van der Waals surface area contributed by atoms with Crippen LogP contribution in [0.15, 0.2) is 30.9 Å². The number of nitrogens with one attached hydrogen (secondary N) is 1. The first-order chi connectivity index (χ1) is 7.15. The summed E-state index contributed by atoms with van der Waals surface area (Å²) in [4.78, 5) is 0. The van der Waals surface area contributed by atoms with Crippen LogP contribution in [0.5, 0.6) is 0 Å². The van der Waals surface area contributed by atoms with Gasteiger partial charge in [-0.1, -0.05) is 12.1 Å². The lowest BCUT2D eigenvalue weighted by molar-refractivity contribution is 0.502. The molecule has 0 aliphatic rings. The van der Waals surface area contributed by atoms with E-state index in [2.05, 4.69) is 11.9 Å². The maximum absolute atomic E-state index is 13.2. The summed E-state index contributed by atoms with van der Waals surface area (Å²) in [5.74, 6) is -1.01. The largest absolute Gasteiger partial charge is 0.310 e. The highest BCUT2D eigenvalue weighted by Crippen LogP contribution is 2.11. The fraction of sp³-hybridized carbons (Fsp3) is 0.333. The highest BCUT2D eigenvalue weighted by Gasteiger charge is 2.08. The van der Waals surface area contributed by atoms with E-state index in [0.717, 1.165) is 6.42 Å². The van der Waals surface area contributed by atoms with Gasteiger partial charge in [-0.3, -0.25) is 0 Å². The SMILES string of the molecule is C=CCC(C)NCc1c(F)cccc1F. The van der Waals surface area contributed by atoms with Gasteiger partial charge < -0.3 is 5.32 Å². The van der Waals surface area contributed by atoms with Gasteiger partial charge in [-0.2, -0.15) is 0 Å². The Labute approximate surface area is 88.8 Å². The molecule has 1 rings (SSSR count). The summed E-state index contributed by atoms with van der Waals surface area (Å²) in [6.45, 7) is 5.75. The smallest absolute Gasteiger partial charge is 0.130 e. The van der Waals surface area contributed by atoms with E-state index in [9.17, 15) is 8.78 Å². The van der Waals surface area contributed by atoms with Gasteiger partial charge in [-0.25, -0.2) is 8.78 Å². The van der Waals surface area contributed by atoms with Gasteiger partial charge in [0.05, 0.1) is 0 Å². The van der Waals surface area contributed by atoms with Crippen molar-refractivity contribution < 1.29 is 8.78 Å². The Hall–Kier alpha value is -1.22.